The first-order chi connectivity index (χ1) is 10.7. The summed E-state index contributed by atoms with van der Waals surface area (Å²) in [6.07, 6.45) is 0. The van der Waals surface area contributed by atoms with Crippen molar-refractivity contribution < 1.29 is 17.6 Å². The lowest BCUT2D eigenvalue weighted by Gasteiger charge is -2.07. The number of halogens is 1. The zero-order chi connectivity index (χ0) is 17.2. The molecule has 0 aliphatic heterocycles. The Morgan fingerprint density at radius 1 is 1.22 bits per heavy atom. The van der Waals surface area contributed by atoms with Crippen molar-refractivity contribution in [1.82, 2.24) is 4.57 Å². The van der Waals surface area contributed by atoms with E-state index in [0.717, 1.165) is 17.9 Å². The number of ketones is 1. The second kappa shape index (κ2) is 6.66. The van der Waals surface area contributed by atoms with Gasteiger partial charge in [-0.05, 0) is 44.5 Å². The van der Waals surface area contributed by atoms with Crippen LogP contribution in [-0.2, 0) is 22.1 Å². The molecule has 0 fully saturated rings. The van der Waals surface area contributed by atoms with Crippen LogP contribution in [0.1, 0.15) is 34.2 Å². The first-order valence-corrected chi connectivity index (χ1v) is 9.20. The lowest BCUT2D eigenvalue weighted by atomic mass is 10.2. The van der Waals surface area contributed by atoms with Crippen molar-refractivity contribution >= 4 is 15.6 Å². The van der Waals surface area contributed by atoms with Gasteiger partial charge in [-0.1, -0.05) is 12.1 Å². The molecule has 0 saturated carbocycles. The molecule has 4 nitrogen and oxygen atoms in total. The maximum absolute atomic E-state index is 13.1. The largest absolute Gasteiger partial charge is 0.349 e. The van der Waals surface area contributed by atoms with E-state index in [1.165, 1.54) is 24.3 Å². The van der Waals surface area contributed by atoms with E-state index in [4.69, 9.17) is 0 Å². The van der Waals surface area contributed by atoms with Crippen LogP contribution < -0.4 is 0 Å². The molecule has 2 aromatic rings. The highest BCUT2D eigenvalue weighted by Crippen LogP contribution is 2.17. The van der Waals surface area contributed by atoms with Crippen molar-refractivity contribution in [3.8, 4) is 0 Å². The number of hydrogen-bond donors (Lipinski definition) is 0. The van der Waals surface area contributed by atoms with E-state index in [2.05, 4.69) is 0 Å². The van der Waals surface area contributed by atoms with Gasteiger partial charge in [-0.25, -0.2) is 12.8 Å². The molecule has 1 aromatic carbocycles. The van der Waals surface area contributed by atoms with Crippen molar-refractivity contribution in [2.75, 3.05) is 5.75 Å². The van der Waals surface area contributed by atoms with Crippen LogP contribution in [0.25, 0.3) is 0 Å². The van der Waals surface area contributed by atoms with Gasteiger partial charge in [-0.3, -0.25) is 4.79 Å². The third-order valence-corrected chi connectivity index (χ3v) is 5.29. The topological polar surface area (TPSA) is 56.1 Å². The van der Waals surface area contributed by atoms with Crippen molar-refractivity contribution in [2.24, 2.45) is 0 Å². The number of aromatic nitrogens is 1. The summed E-state index contributed by atoms with van der Waals surface area (Å²) < 4.78 is 39.5. The molecule has 0 radical (unpaired) electrons. The number of carbonyl (C=O) groups excluding carboxylic acids is 1. The third-order valence-electron chi connectivity index (χ3n) is 3.82. The standard InChI is InChI=1S/C17H20FNO3S/c1-4-19-12(2)8-16(13(19)3)17(20)11-23(21,22)10-14-6-5-7-15(18)9-14/h5-9H,4,10-11H2,1-3H3. The van der Waals surface area contributed by atoms with Crippen LogP contribution in [0.15, 0.2) is 30.3 Å². The summed E-state index contributed by atoms with van der Waals surface area (Å²) in [6, 6.07) is 7.13. The molecule has 0 aliphatic rings. The minimum atomic E-state index is -3.65. The maximum atomic E-state index is 13.1. The number of rotatable bonds is 6. The van der Waals surface area contributed by atoms with E-state index in [9.17, 15) is 17.6 Å². The lowest BCUT2D eigenvalue weighted by Crippen LogP contribution is -2.18. The molecule has 1 heterocycles. The average molecular weight is 337 g/mol. The van der Waals surface area contributed by atoms with Crippen molar-refractivity contribution in [3.05, 3.63) is 58.7 Å². The minimum absolute atomic E-state index is 0.344. The molecule has 0 unspecified atom stereocenters. The Balaban J connectivity index is 2.19. The fourth-order valence-electron chi connectivity index (χ4n) is 2.78. The molecule has 124 valence electrons. The molecule has 0 atom stereocenters. The molecular formula is C17H20FNO3S. The van der Waals surface area contributed by atoms with Crippen molar-refractivity contribution in [3.63, 3.8) is 0 Å². The van der Waals surface area contributed by atoms with Crippen LogP contribution in [0.5, 0.6) is 0 Å². The van der Waals surface area contributed by atoms with E-state index in [1.807, 2.05) is 25.3 Å². The smallest absolute Gasteiger partial charge is 0.179 e. The Labute approximate surface area is 135 Å². The van der Waals surface area contributed by atoms with E-state index in [-0.39, 0.29) is 5.75 Å². The zero-order valence-electron chi connectivity index (χ0n) is 13.5. The Morgan fingerprint density at radius 2 is 1.91 bits per heavy atom. The monoisotopic (exact) mass is 337 g/mol. The summed E-state index contributed by atoms with van der Waals surface area (Å²) in [5, 5.41) is 0. The van der Waals surface area contributed by atoms with E-state index < -0.39 is 27.2 Å². The van der Waals surface area contributed by atoms with Gasteiger partial charge < -0.3 is 4.57 Å². The fraction of sp³-hybridized carbons (Fsp3) is 0.353. The molecule has 0 bridgehead atoms. The number of hydrogen-bond acceptors (Lipinski definition) is 3. The number of benzene rings is 1. The molecule has 0 spiro atoms. The highest BCUT2D eigenvalue weighted by molar-refractivity contribution is 7.91. The van der Waals surface area contributed by atoms with Gasteiger partial charge in [0.1, 0.15) is 11.6 Å². The first kappa shape index (κ1) is 17.4. The lowest BCUT2D eigenvalue weighted by molar-refractivity contribution is 0.102. The van der Waals surface area contributed by atoms with Crippen LogP contribution >= 0.6 is 0 Å². The molecule has 0 N–H and O–H groups in total. The average Bonchev–Trinajstić information content (AvgIpc) is 2.72. The van der Waals surface area contributed by atoms with Crippen LogP contribution in [0.2, 0.25) is 0 Å². The summed E-state index contributed by atoms with van der Waals surface area (Å²) in [6.45, 7) is 6.38. The van der Waals surface area contributed by atoms with Gasteiger partial charge in [0.05, 0.1) is 5.75 Å². The number of sulfone groups is 1. The van der Waals surface area contributed by atoms with Crippen molar-refractivity contribution in [2.45, 2.75) is 33.1 Å². The van der Waals surface area contributed by atoms with Crippen LogP contribution in [0.4, 0.5) is 4.39 Å². The Bertz CT molecular complexity index is 838. The number of nitrogens with zero attached hydrogens (tertiary/aromatic N) is 1. The maximum Gasteiger partial charge on any atom is 0.179 e. The summed E-state index contributed by atoms with van der Waals surface area (Å²) in [5.41, 5.74) is 2.48. The van der Waals surface area contributed by atoms with Crippen LogP contribution in [0, 0.1) is 19.7 Å². The normalized spacial score (nSPS) is 11.7. The zero-order valence-corrected chi connectivity index (χ0v) is 14.3. The molecule has 0 aliphatic carbocycles. The summed E-state index contributed by atoms with van der Waals surface area (Å²) in [4.78, 5) is 12.4. The predicted molar refractivity (Wildman–Crippen MR) is 87.8 cm³/mol. The van der Waals surface area contributed by atoms with E-state index in [1.54, 1.807) is 6.07 Å². The number of Topliss-reactive ketones (excluding diaryl/α,β-unsaturated/α-hetero) is 1. The van der Waals surface area contributed by atoms with E-state index in [0.29, 0.717) is 11.1 Å². The predicted octanol–water partition coefficient (Wildman–Crippen LogP) is 3.06. The summed E-state index contributed by atoms with van der Waals surface area (Å²) >= 11 is 0. The van der Waals surface area contributed by atoms with Gasteiger partial charge in [0.15, 0.2) is 15.6 Å². The minimum Gasteiger partial charge on any atom is -0.349 e. The van der Waals surface area contributed by atoms with Crippen molar-refractivity contribution in [1.29, 1.82) is 0 Å². The third kappa shape index (κ3) is 4.07. The molecule has 1 aromatic heterocycles. The van der Waals surface area contributed by atoms with Crippen LogP contribution in [0.3, 0.4) is 0 Å². The van der Waals surface area contributed by atoms with Gasteiger partial charge in [-0.15, -0.1) is 0 Å². The first-order valence-electron chi connectivity index (χ1n) is 7.38. The number of aryl methyl sites for hydroxylation is 1. The molecular weight excluding hydrogens is 317 g/mol. The van der Waals surface area contributed by atoms with Gasteiger partial charge in [0.2, 0.25) is 0 Å². The second-order valence-corrected chi connectivity index (χ2v) is 7.68. The number of carbonyl (C=O) groups is 1. The van der Waals surface area contributed by atoms with Gasteiger partial charge in [0, 0.05) is 23.5 Å². The second-order valence-electron chi connectivity index (χ2n) is 5.61. The van der Waals surface area contributed by atoms with Gasteiger partial charge in [-0.2, -0.15) is 0 Å². The molecule has 2 rings (SSSR count). The SMILES string of the molecule is CCn1c(C)cc(C(=O)CS(=O)(=O)Cc2cccc(F)c2)c1C. The quantitative estimate of drug-likeness (QED) is 0.761. The fourth-order valence-corrected chi connectivity index (χ4v) is 4.12. The Kier molecular flexibility index (Phi) is 5.04. The highest BCUT2D eigenvalue weighted by Gasteiger charge is 2.22. The Hall–Kier alpha value is -1.95. The Morgan fingerprint density at radius 3 is 2.48 bits per heavy atom. The molecule has 6 heteroatoms. The van der Waals surface area contributed by atoms with Crippen LogP contribution in [-0.4, -0.2) is 24.5 Å². The molecule has 0 amide bonds. The summed E-state index contributed by atoms with van der Waals surface area (Å²) in [5.74, 6) is -1.83. The molecule has 23 heavy (non-hydrogen) atoms. The summed E-state index contributed by atoms with van der Waals surface area (Å²) in [7, 11) is -3.65. The van der Waals surface area contributed by atoms with E-state index >= 15 is 0 Å². The molecule has 0 saturated heterocycles. The van der Waals surface area contributed by atoms with Gasteiger partial charge in [0.25, 0.3) is 0 Å². The van der Waals surface area contributed by atoms with Gasteiger partial charge >= 0.3 is 0 Å². The highest BCUT2D eigenvalue weighted by atomic mass is 32.2.